The molecule has 0 aromatic heterocycles. The molecule has 1 aliphatic rings. The Morgan fingerprint density at radius 2 is 1.90 bits per heavy atom. The van der Waals surface area contributed by atoms with Gasteiger partial charge in [0.05, 0.1) is 24.7 Å². The third kappa shape index (κ3) is 3.58. The average Bonchev–Trinajstić information content (AvgIpc) is 2.72. The summed E-state index contributed by atoms with van der Waals surface area (Å²) in [7, 11) is 2.42. The first-order chi connectivity index (χ1) is 9.41. The van der Waals surface area contributed by atoms with Crippen LogP contribution in [0.2, 0.25) is 0 Å². The molecule has 110 valence electrons. The predicted molar refractivity (Wildman–Crippen MR) is 80.5 cm³/mol. The maximum Gasteiger partial charge on any atom is 0.154 e. The molecule has 20 heavy (non-hydrogen) atoms. The van der Waals surface area contributed by atoms with Gasteiger partial charge in [-0.3, -0.25) is 4.99 Å². The summed E-state index contributed by atoms with van der Waals surface area (Å²) in [5.41, 5.74) is 0.938. The number of rotatable bonds is 4. The van der Waals surface area contributed by atoms with Crippen molar-refractivity contribution in [2.75, 3.05) is 32.7 Å². The summed E-state index contributed by atoms with van der Waals surface area (Å²) in [4.78, 5) is 6.39. The lowest BCUT2D eigenvalue weighted by atomic mass is 10.1. The van der Waals surface area contributed by atoms with Crippen molar-refractivity contribution < 1.29 is 13.2 Å². The van der Waals surface area contributed by atoms with E-state index in [0.717, 1.165) is 11.3 Å². The lowest BCUT2D eigenvalue weighted by Gasteiger charge is -2.21. The topological polar surface area (TPSA) is 59.0 Å². The van der Waals surface area contributed by atoms with Crippen LogP contribution >= 0.6 is 0 Å². The Hall–Kier alpha value is -1.40. The van der Waals surface area contributed by atoms with Gasteiger partial charge in [-0.05, 0) is 43.9 Å². The molecule has 0 bridgehead atoms. The van der Waals surface area contributed by atoms with Crippen LogP contribution in [0.4, 0.5) is 0 Å². The van der Waals surface area contributed by atoms with Crippen LogP contribution in [-0.2, 0) is 9.84 Å². The van der Waals surface area contributed by atoms with E-state index in [1.54, 1.807) is 13.3 Å². The van der Waals surface area contributed by atoms with Gasteiger partial charge in [-0.1, -0.05) is 0 Å². The summed E-state index contributed by atoms with van der Waals surface area (Å²) in [5, 5.41) is 0. The zero-order valence-corrected chi connectivity index (χ0v) is 12.8. The summed E-state index contributed by atoms with van der Waals surface area (Å²) < 4.78 is 28.6. The van der Waals surface area contributed by atoms with Crippen molar-refractivity contribution in [3.8, 4) is 5.75 Å². The summed E-state index contributed by atoms with van der Waals surface area (Å²) >= 11 is 0. The van der Waals surface area contributed by atoms with Crippen molar-refractivity contribution in [2.45, 2.75) is 12.1 Å². The minimum absolute atomic E-state index is 0.0468. The molecule has 1 aliphatic heterocycles. The molecule has 2 rings (SSSR count). The van der Waals surface area contributed by atoms with Crippen molar-refractivity contribution in [1.82, 2.24) is 4.90 Å². The maximum atomic E-state index is 11.7. The van der Waals surface area contributed by atoms with Crippen molar-refractivity contribution in [1.29, 1.82) is 0 Å². The van der Waals surface area contributed by atoms with Crippen LogP contribution in [0, 0.1) is 0 Å². The van der Waals surface area contributed by atoms with Crippen LogP contribution in [0.1, 0.15) is 5.56 Å². The molecule has 0 saturated carbocycles. The zero-order valence-electron chi connectivity index (χ0n) is 12.0. The second-order valence-corrected chi connectivity index (χ2v) is 7.38. The molecule has 0 amide bonds. The van der Waals surface area contributed by atoms with E-state index in [-0.39, 0.29) is 23.6 Å². The molecule has 1 fully saturated rings. The number of likely N-dealkylation sites (N-methyl/N-ethyl adjacent to an activating group) is 1. The van der Waals surface area contributed by atoms with Gasteiger partial charge in [0.15, 0.2) is 9.84 Å². The number of ether oxygens (including phenoxy) is 1. The van der Waals surface area contributed by atoms with Gasteiger partial charge in [0.1, 0.15) is 5.75 Å². The Morgan fingerprint density at radius 1 is 1.25 bits per heavy atom. The molecule has 0 spiro atoms. The number of hydrogen-bond acceptors (Lipinski definition) is 5. The fourth-order valence-electron chi connectivity index (χ4n) is 2.32. The van der Waals surface area contributed by atoms with Gasteiger partial charge < -0.3 is 9.64 Å². The number of hydrogen-bond donors (Lipinski definition) is 0. The Labute approximate surface area is 120 Å². The number of nitrogens with zero attached hydrogens (tertiary/aromatic N) is 2. The lowest BCUT2D eigenvalue weighted by Crippen LogP contribution is -2.37. The number of benzene rings is 1. The minimum Gasteiger partial charge on any atom is -0.497 e. The molecule has 1 saturated heterocycles. The second-order valence-electron chi connectivity index (χ2n) is 5.23. The molecular formula is C14H20N2O3S. The molecule has 5 nitrogen and oxygen atoms in total. The molecule has 6 heteroatoms. The highest BCUT2D eigenvalue weighted by molar-refractivity contribution is 7.91. The number of sulfone groups is 1. The van der Waals surface area contributed by atoms with Gasteiger partial charge in [0.25, 0.3) is 0 Å². The summed E-state index contributed by atoms with van der Waals surface area (Å²) in [6.45, 7) is 0. The van der Waals surface area contributed by atoms with Gasteiger partial charge in [0, 0.05) is 12.3 Å². The van der Waals surface area contributed by atoms with Crippen molar-refractivity contribution in [2.24, 2.45) is 4.99 Å². The third-order valence-corrected chi connectivity index (χ3v) is 5.19. The summed E-state index contributed by atoms with van der Waals surface area (Å²) in [6.07, 6.45) is 1.74. The van der Waals surface area contributed by atoms with E-state index in [2.05, 4.69) is 4.99 Å². The fourth-order valence-corrected chi connectivity index (χ4v) is 4.32. The summed E-state index contributed by atoms with van der Waals surface area (Å²) in [6, 6.07) is 7.27. The van der Waals surface area contributed by atoms with Gasteiger partial charge >= 0.3 is 0 Å². The van der Waals surface area contributed by atoms with E-state index in [9.17, 15) is 8.42 Å². The van der Waals surface area contributed by atoms with E-state index in [4.69, 9.17) is 4.74 Å². The van der Waals surface area contributed by atoms with Gasteiger partial charge in [-0.2, -0.15) is 0 Å². The van der Waals surface area contributed by atoms with Crippen LogP contribution in [-0.4, -0.2) is 64.3 Å². The van der Waals surface area contributed by atoms with E-state index in [0.29, 0.717) is 0 Å². The van der Waals surface area contributed by atoms with Crippen LogP contribution in [0.5, 0.6) is 5.75 Å². The third-order valence-electron chi connectivity index (χ3n) is 3.49. The molecule has 0 aliphatic carbocycles. The fraction of sp³-hybridized carbons (Fsp3) is 0.500. The van der Waals surface area contributed by atoms with Crippen molar-refractivity contribution >= 4 is 16.1 Å². The Bertz CT molecular complexity index is 579. The van der Waals surface area contributed by atoms with E-state index in [1.807, 2.05) is 43.3 Å². The first kappa shape index (κ1) is 15.0. The average molecular weight is 296 g/mol. The number of methoxy groups -OCH3 is 1. The molecule has 0 radical (unpaired) electrons. The van der Waals surface area contributed by atoms with Gasteiger partial charge in [-0.25, -0.2) is 8.42 Å². The molecule has 1 aromatic carbocycles. The predicted octanol–water partition coefficient (Wildman–Crippen LogP) is 0.841. The molecule has 0 unspecified atom stereocenters. The second kappa shape index (κ2) is 5.93. The van der Waals surface area contributed by atoms with Crippen molar-refractivity contribution in [3.63, 3.8) is 0 Å². The van der Waals surface area contributed by atoms with E-state index < -0.39 is 9.84 Å². The van der Waals surface area contributed by atoms with Crippen LogP contribution in [0.15, 0.2) is 29.3 Å². The first-order valence-electron chi connectivity index (χ1n) is 6.45. The summed E-state index contributed by atoms with van der Waals surface area (Å²) in [5.74, 6) is 1.10. The smallest absolute Gasteiger partial charge is 0.154 e. The minimum atomic E-state index is -2.98. The van der Waals surface area contributed by atoms with Crippen LogP contribution in [0.25, 0.3) is 0 Å². The Morgan fingerprint density at radius 3 is 2.45 bits per heavy atom. The largest absolute Gasteiger partial charge is 0.497 e. The zero-order chi connectivity index (χ0) is 14.8. The number of aliphatic imine (C=N–C) groups is 1. The van der Waals surface area contributed by atoms with Crippen molar-refractivity contribution in [3.05, 3.63) is 29.8 Å². The highest BCUT2D eigenvalue weighted by atomic mass is 32.2. The van der Waals surface area contributed by atoms with E-state index >= 15 is 0 Å². The Balaban J connectivity index is 2.12. The van der Waals surface area contributed by atoms with Gasteiger partial charge in [-0.15, -0.1) is 0 Å². The lowest BCUT2D eigenvalue weighted by molar-refractivity contribution is 0.297. The molecular weight excluding hydrogens is 276 g/mol. The maximum absolute atomic E-state index is 11.7. The van der Waals surface area contributed by atoms with Gasteiger partial charge in [0.2, 0.25) is 0 Å². The quantitative estimate of drug-likeness (QED) is 0.773. The normalized spacial score (nSPS) is 25.4. The molecule has 1 heterocycles. The molecule has 2 atom stereocenters. The highest BCUT2D eigenvalue weighted by Gasteiger charge is 2.38. The van der Waals surface area contributed by atoms with Crippen LogP contribution < -0.4 is 4.74 Å². The standard InChI is InChI=1S/C14H20N2O3S/c1-16(2)14-10-20(17,18)9-13(14)15-8-11-4-6-12(19-3)7-5-11/h4-8,13-14H,9-10H2,1-3H3/t13-,14+/m1/s1. The SMILES string of the molecule is COc1ccc(C=N[C@@H]2CS(=O)(=O)C[C@@H]2N(C)C)cc1. The Kier molecular flexibility index (Phi) is 4.45. The highest BCUT2D eigenvalue weighted by Crippen LogP contribution is 2.19. The van der Waals surface area contributed by atoms with E-state index in [1.165, 1.54) is 0 Å². The molecule has 0 N–H and O–H groups in total. The first-order valence-corrected chi connectivity index (χ1v) is 8.27. The van der Waals surface area contributed by atoms with Crippen LogP contribution in [0.3, 0.4) is 0 Å². The monoisotopic (exact) mass is 296 g/mol. The molecule has 1 aromatic rings.